The number of nitrogens with zero attached hydrogens (tertiary/aromatic N) is 3. The molecule has 0 saturated heterocycles. The number of amides is 1. The molecule has 2 heterocycles. The summed E-state index contributed by atoms with van der Waals surface area (Å²) >= 11 is 7.61. The molecule has 0 spiro atoms. The van der Waals surface area contributed by atoms with E-state index in [2.05, 4.69) is 17.6 Å². The quantitative estimate of drug-likeness (QED) is 0.181. The third-order valence-electron chi connectivity index (χ3n) is 7.18. The van der Waals surface area contributed by atoms with Crippen LogP contribution in [0.25, 0.3) is 0 Å². The molecule has 1 aliphatic heterocycles. The fourth-order valence-electron chi connectivity index (χ4n) is 4.78. The standard InChI is InChI=1S/C32H34ClN5O3S/c1-6-16-42-32-36-31-34-21(4)28(30(39)35-25-9-7-8-19(2)20(25)3)29(38(31)37-32)23-12-15-26(27(17-23)40-5)41-18-22-10-13-24(33)14-11-22/h7-15,17,29H,6,16,18H2,1-5H3,(H,35,39)(H,34,36,37). The number of benzene rings is 3. The van der Waals surface area contributed by atoms with E-state index >= 15 is 0 Å². The molecule has 0 bridgehead atoms. The summed E-state index contributed by atoms with van der Waals surface area (Å²) in [7, 11) is 1.60. The van der Waals surface area contributed by atoms with Gasteiger partial charge in [0.1, 0.15) is 12.6 Å². The number of hydrogen-bond acceptors (Lipinski definition) is 7. The number of carbonyl (C=O) groups is 1. The number of aromatic nitrogens is 3. The second-order valence-electron chi connectivity index (χ2n) is 10.1. The number of rotatable bonds is 10. The first-order valence-corrected chi connectivity index (χ1v) is 15.1. The van der Waals surface area contributed by atoms with Crippen molar-refractivity contribution in [2.75, 3.05) is 23.5 Å². The monoisotopic (exact) mass is 603 g/mol. The fraction of sp³-hybridized carbons (Fsp3) is 0.281. The van der Waals surface area contributed by atoms with Gasteiger partial charge in [0.2, 0.25) is 11.1 Å². The maximum Gasteiger partial charge on any atom is 0.255 e. The zero-order chi connectivity index (χ0) is 29.8. The molecule has 1 unspecified atom stereocenters. The molecule has 0 aliphatic carbocycles. The Labute approximate surface area is 255 Å². The van der Waals surface area contributed by atoms with E-state index in [1.807, 2.05) is 81.4 Å². The number of ether oxygens (including phenoxy) is 2. The Morgan fingerprint density at radius 3 is 2.62 bits per heavy atom. The first-order chi connectivity index (χ1) is 20.3. The average Bonchev–Trinajstić information content (AvgIpc) is 3.39. The number of methoxy groups -OCH3 is 1. The molecule has 0 radical (unpaired) electrons. The highest BCUT2D eigenvalue weighted by molar-refractivity contribution is 7.99. The lowest BCUT2D eigenvalue weighted by atomic mass is 9.94. The van der Waals surface area contributed by atoms with Crippen LogP contribution in [0, 0.1) is 13.8 Å². The molecule has 8 nitrogen and oxygen atoms in total. The normalized spacial score (nSPS) is 14.3. The molecule has 4 aromatic rings. The molecule has 10 heteroatoms. The van der Waals surface area contributed by atoms with Crippen LogP contribution in [0.5, 0.6) is 11.5 Å². The van der Waals surface area contributed by atoms with Gasteiger partial charge in [-0.05, 0) is 79.8 Å². The number of carbonyl (C=O) groups excluding carboxylic acids is 1. The van der Waals surface area contributed by atoms with Crippen molar-refractivity contribution in [2.24, 2.45) is 0 Å². The lowest BCUT2D eigenvalue weighted by Gasteiger charge is -2.29. The van der Waals surface area contributed by atoms with Crippen LogP contribution in [-0.2, 0) is 11.4 Å². The summed E-state index contributed by atoms with van der Waals surface area (Å²) in [5.74, 6) is 2.40. The summed E-state index contributed by atoms with van der Waals surface area (Å²) in [5.41, 5.74) is 5.94. The minimum Gasteiger partial charge on any atom is -0.493 e. The first kappa shape index (κ1) is 29.5. The molecule has 218 valence electrons. The molecule has 1 aliphatic rings. The second kappa shape index (κ2) is 12.9. The number of anilines is 2. The topological polar surface area (TPSA) is 90.3 Å². The van der Waals surface area contributed by atoms with E-state index in [9.17, 15) is 4.79 Å². The van der Waals surface area contributed by atoms with Gasteiger partial charge < -0.3 is 20.1 Å². The Morgan fingerprint density at radius 1 is 1.10 bits per heavy atom. The maximum absolute atomic E-state index is 14.0. The van der Waals surface area contributed by atoms with Crippen molar-refractivity contribution in [3.63, 3.8) is 0 Å². The van der Waals surface area contributed by atoms with E-state index in [1.165, 1.54) is 0 Å². The molecule has 1 atom stereocenters. The fourth-order valence-corrected chi connectivity index (χ4v) is 5.59. The van der Waals surface area contributed by atoms with Gasteiger partial charge in [-0.25, -0.2) is 4.68 Å². The zero-order valence-corrected chi connectivity index (χ0v) is 25.9. The molecular formula is C32H34ClN5O3S. The Bertz CT molecular complexity index is 1630. The highest BCUT2D eigenvalue weighted by Gasteiger charge is 2.35. The Kier molecular flexibility index (Phi) is 9.09. The summed E-state index contributed by atoms with van der Waals surface area (Å²) in [6.45, 7) is 8.40. The number of thioether (sulfide) groups is 1. The van der Waals surface area contributed by atoms with E-state index in [1.54, 1.807) is 23.6 Å². The molecule has 5 rings (SSSR count). The summed E-state index contributed by atoms with van der Waals surface area (Å²) in [6.07, 6.45) is 1.00. The largest absolute Gasteiger partial charge is 0.493 e. The first-order valence-electron chi connectivity index (χ1n) is 13.8. The van der Waals surface area contributed by atoms with Crippen molar-refractivity contribution >= 4 is 40.9 Å². The minimum atomic E-state index is -0.547. The number of fused-ring (bicyclic) bond motifs is 1. The van der Waals surface area contributed by atoms with Crippen LogP contribution in [0.1, 0.15) is 48.6 Å². The van der Waals surface area contributed by atoms with E-state index < -0.39 is 6.04 Å². The molecule has 42 heavy (non-hydrogen) atoms. The number of aryl methyl sites for hydroxylation is 1. The summed E-state index contributed by atoms with van der Waals surface area (Å²) in [4.78, 5) is 18.7. The smallest absolute Gasteiger partial charge is 0.255 e. The SMILES string of the molecule is CCCSc1nc2n(n1)C(c1ccc(OCc3ccc(Cl)cc3)c(OC)c1)C(C(=O)Nc1cccc(C)c1C)=C(C)N2. The van der Waals surface area contributed by atoms with Gasteiger partial charge in [0.25, 0.3) is 5.91 Å². The molecule has 0 saturated carbocycles. The van der Waals surface area contributed by atoms with Gasteiger partial charge in [0.15, 0.2) is 11.5 Å². The van der Waals surface area contributed by atoms with Crippen LogP contribution in [0.4, 0.5) is 11.6 Å². The van der Waals surface area contributed by atoms with Gasteiger partial charge >= 0.3 is 0 Å². The zero-order valence-electron chi connectivity index (χ0n) is 24.3. The number of allylic oxidation sites excluding steroid dienone is 1. The average molecular weight is 604 g/mol. The van der Waals surface area contributed by atoms with E-state index in [0.717, 1.165) is 40.1 Å². The van der Waals surface area contributed by atoms with Crippen molar-refractivity contribution in [3.05, 3.63) is 99.2 Å². The molecule has 0 fully saturated rings. The molecule has 1 amide bonds. The Morgan fingerprint density at radius 2 is 1.88 bits per heavy atom. The van der Waals surface area contributed by atoms with Crippen molar-refractivity contribution in [3.8, 4) is 11.5 Å². The van der Waals surface area contributed by atoms with Crippen LogP contribution in [0.3, 0.4) is 0 Å². The van der Waals surface area contributed by atoms with Gasteiger partial charge in [-0.3, -0.25) is 4.79 Å². The summed E-state index contributed by atoms with van der Waals surface area (Å²) in [6, 6.07) is 18.6. The Hall–Kier alpha value is -3.95. The van der Waals surface area contributed by atoms with Crippen LogP contribution in [0.2, 0.25) is 5.02 Å². The number of nitrogens with one attached hydrogen (secondary N) is 2. The lowest BCUT2D eigenvalue weighted by molar-refractivity contribution is -0.113. The van der Waals surface area contributed by atoms with E-state index in [4.69, 9.17) is 31.2 Å². The van der Waals surface area contributed by atoms with Crippen molar-refractivity contribution in [1.29, 1.82) is 0 Å². The molecule has 3 aromatic carbocycles. The van der Waals surface area contributed by atoms with Gasteiger partial charge in [-0.2, -0.15) is 4.98 Å². The highest BCUT2D eigenvalue weighted by Crippen LogP contribution is 2.40. The number of halogens is 1. The summed E-state index contributed by atoms with van der Waals surface area (Å²) in [5, 5.41) is 12.6. The summed E-state index contributed by atoms with van der Waals surface area (Å²) < 4.78 is 13.6. The van der Waals surface area contributed by atoms with Crippen LogP contribution >= 0.6 is 23.4 Å². The van der Waals surface area contributed by atoms with Crippen LogP contribution in [-0.4, -0.2) is 33.5 Å². The molecular weight excluding hydrogens is 570 g/mol. The van der Waals surface area contributed by atoms with Crippen molar-refractivity contribution in [2.45, 2.75) is 51.9 Å². The lowest BCUT2D eigenvalue weighted by Crippen LogP contribution is -2.31. The second-order valence-corrected chi connectivity index (χ2v) is 11.6. The molecule has 1 aromatic heterocycles. The van der Waals surface area contributed by atoms with Gasteiger partial charge in [-0.1, -0.05) is 60.6 Å². The predicted molar refractivity (Wildman–Crippen MR) is 169 cm³/mol. The van der Waals surface area contributed by atoms with E-state index in [-0.39, 0.29) is 5.91 Å². The predicted octanol–water partition coefficient (Wildman–Crippen LogP) is 7.57. The van der Waals surface area contributed by atoms with Crippen molar-refractivity contribution in [1.82, 2.24) is 14.8 Å². The van der Waals surface area contributed by atoms with Gasteiger partial charge in [0, 0.05) is 22.2 Å². The third-order valence-corrected chi connectivity index (χ3v) is 8.47. The van der Waals surface area contributed by atoms with Crippen LogP contribution < -0.4 is 20.1 Å². The van der Waals surface area contributed by atoms with E-state index in [0.29, 0.717) is 45.5 Å². The van der Waals surface area contributed by atoms with Crippen LogP contribution in [0.15, 0.2) is 77.1 Å². The van der Waals surface area contributed by atoms with Gasteiger partial charge in [-0.15, -0.1) is 5.10 Å². The Balaban J connectivity index is 1.52. The highest BCUT2D eigenvalue weighted by atomic mass is 35.5. The van der Waals surface area contributed by atoms with Crippen molar-refractivity contribution < 1.29 is 14.3 Å². The maximum atomic E-state index is 14.0. The van der Waals surface area contributed by atoms with Gasteiger partial charge in [0.05, 0.1) is 12.7 Å². The number of hydrogen-bond donors (Lipinski definition) is 2. The minimum absolute atomic E-state index is 0.218. The molecule has 2 N–H and O–H groups in total. The third kappa shape index (κ3) is 6.27.